The van der Waals surface area contributed by atoms with Crippen molar-refractivity contribution in [2.75, 3.05) is 32.9 Å². The Morgan fingerprint density at radius 3 is 2.33 bits per heavy atom. The molecule has 0 aromatic heterocycles. The van der Waals surface area contributed by atoms with E-state index < -0.39 is 12.8 Å². The summed E-state index contributed by atoms with van der Waals surface area (Å²) in [5, 5.41) is 2.99. The van der Waals surface area contributed by atoms with E-state index in [1.54, 1.807) is 0 Å². The second-order valence-corrected chi connectivity index (χ2v) is 4.55. The van der Waals surface area contributed by atoms with Crippen LogP contribution in [0.1, 0.15) is 32.1 Å². The molecule has 0 amide bonds. The second-order valence-electron chi connectivity index (χ2n) is 4.55. The monoisotopic (exact) mass is 269 g/mol. The first-order valence-corrected chi connectivity index (χ1v) is 6.55. The molecular formula is C12H22F3NO2. The van der Waals surface area contributed by atoms with Gasteiger partial charge in [-0.2, -0.15) is 13.2 Å². The van der Waals surface area contributed by atoms with Crippen molar-refractivity contribution in [3.8, 4) is 0 Å². The third-order valence-electron chi connectivity index (χ3n) is 2.87. The Labute approximate surface area is 106 Å². The Bertz CT molecular complexity index is 206. The lowest BCUT2D eigenvalue weighted by molar-refractivity contribution is -0.173. The van der Waals surface area contributed by atoms with Gasteiger partial charge in [0, 0.05) is 13.1 Å². The van der Waals surface area contributed by atoms with Gasteiger partial charge in [-0.15, -0.1) is 0 Å². The molecule has 1 fully saturated rings. The molecule has 0 aliphatic heterocycles. The summed E-state index contributed by atoms with van der Waals surface area (Å²) in [6.45, 7) is 0.593. The number of hydrogen-bond donors (Lipinski definition) is 1. The smallest absolute Gasteiger partial charge is 0.377 e. The molecule has 1 N–H and O–H groups in total. The Morgan fingerprint density at radius 2 is 1.67 bits per heavy atom. The van der Waals surface area contributed by atoms with Gasteiger partial charge in [0.15, 0.2) is 0 Å². The molecule has 1 saturated carbocycles. The number of nitrogens with one attached hydrogen (secondary N) is 1. The molecule has 0 saturated heterocycles. The van der Waals surface area contributed by atoms with Gasteiger partial charge in [0.2, 0.25) is 0 Å². The highest BCUT2D eigenvalue weighted by molar-refractivity contribution is 4.65. The molecule has 108 valence electrons. The summed E-state index contributed by atoms with van der Waals surface area (Å²) in [6.07, 6.45) is 2.19. The highest BCUT2D eigenvalue weighted by atomic mass is 19.4. The minimum Gasteiger partial charge on any atom is -0.377 e. The summed E-state index contributed by atoms with van der Waals surface area (Å²) >= 11 is 0. The van der Waals surface area contributed by atoms with E-state index in [2.05, 4.69) is 10.1 Å². The van der Waals surface area contributed by atoms with Crippen LogP contribution in [0.15, 0.2) is 0 Å². The quantitative estimate of drug-likeness (QED) is 0.687. The zero-order valence-corrected chi connectivity index (χ0v) is 10.6. The largest absolute Gasteiger partial charge is 0.411 e. The van der Waals surface area contributed by atoms with Crippen molar-refractivity contribution >= 4 is 0 Å². The van der Waals surface area contributed by atoms with Gasteiger partial charge >= 0.3 is 6.18 Å². The number of halogens is 3. The average Bonchev–Trinajstić information content (AvgIpc) is 2.32. The maximum Gasteiger partial charge on any atom is 0.411 e. The summed E-state index contributed by atoms with van der Waals surface area (Å²) in [5.74, 6) is 0. The zero-order valence-electron chi connectivity index (χ0n) is 10.6. The first kappa shape index (κ1) is 15.7. The summed E-state index contributed by atoms with van der Waals surface area (Å²) < 4.78 is 45.3. The fraction of sp³-hybridized carbons (Fsp3) is 1.00. The number of ether oxygens (including phenoxy) is 2. The maximum absolute atomic E-state index is 11.7. The number of alkyl halides is 3. The maximum atomic E-state index is 11.7. The van der Waals surface area contributed by atoms with Crippen molar-refractivity contribution in [3.63, 3.8) is 0 Å². The highest BCUT2D eigenvalue weighted by Crippen LogP contribution is 2.19. The third kappa shape index (κ3) is 8.72. The van der Waals surface area contributed by atoms with Crippen LogP contribution in [0.4, 0.5) is 13.2 Å². The summed E-state index contributed by atoms with van der Waals surface area (Å²) in [6, 6.07) is 0. The Hall–Kier alpha value is -0.330. The first-order valence-electron chi connectivity index (χ1n) is 6.55. The topological polar surface area (TPSA) is 30.5 Å². The number of hydrogen-bond acceptors (Lipinski definition) is 3. The second kappa shape index (κ2) is 8.72. The minimum atomic E-state index is -4.23. The molecule has 0 radical (unpaired) electrons. The van der Waals surface area contributed by atoms with E-state index in [1.807, 2.05) is 0 Å². The van der Waals surface area contributed by atoms with Gasteiger partial charge < -0.3 is 14.8 Å². The van der Waals surface area contributed by atoms with E-state index in [-0.39, 0.29) is 6.61 Å². The molecule has 6 heteroatoms. The molecule has 0 aromatic rings. The van der Waals surface area contributed by atoms with Crippen LogP contribution in [0.2, 0.25) is 0 Å². The van der Waals surface area contributed by atoms with Crippen molar-refractivity contribution in [3.05, 3.63) is 0 Å². The molecule has 0 aromatic carbocycles. The van der Waals surface area contributed by atoms with Crippen LogP contribution >= 0.6 is 0 Å². The molecule has 1 rings (SSSR count). The SMILES string of the molecule is FC(F)(F)COCCNCCOC1CCCCC1. The van der Waals surface area contributed by atoms with Gasteiger partial charge in [-0.25, -0.2) is 0 Å². The van der Waals surface area contributed by atoms with E-state index in [4.69, 9.17) is 4.74 Å². The number of rotatable bonds is 8. The molecule has 0 heterocycles. The van der Waals surface area contributed by atoms with Gasteiger partial charge in [-0.3, -0.25) is 0 Å². The Kier molecular flexibility index (Phi) is 7.62. The lowest BCUT2D eigenvalue weighted by Gasteiger charge is -2.22. The fourth-order valence-electron chi connectivity index (χ4n) is 1.99. The van der Waals surface area contributed by atoms with E-state index in [0.29, 0.717) is 25.8 Å². The van der Waals surface area contributed by atoms with Crippen LogP contribution in [0.3, 0.4) is 0 Å². The predicted molar refractivity (Wildman–Crippen MR) is 62.6 cm³/mol. The van der Waals surface area contributed by atoms with E-state index in [9.17, 15) is 13.2 Å². The van der Waals surface area contributed by atoms with E-state index in [1.165, 1.54) is 19.3 Å². The van der Waals surface area contributed by atoms with E-state index in [0.717, 1.165) is 12.8 Å². The van der Waals surface area contributed by atoms with Crippen LogP contribution in [0.5, 0.6) is 0 Å². The normalized spacial score (nSPS) is 18.2. The van der Waals surface area contributed by atoms with Crippen LogP contribution in [0.25, 0.3) is 0 Å². The van der Waals surface area contributed by atoms with Gasteiger partial charge in [0.1, 0.15) is 6.61 Å². The van der Waals surface area contributed by atoms with Crippen molar-refractivity contribution in [2.24, 2.45) is 0 Å². The molecule has 18 heavy (non-hydrogen) atoms. The fourth-order valence-corrected chi connectivity index (χ4v) is 1.99. The molecule has 0 atom stereocenters. The lowest BCUT2D eigenvalue weighted by Crippen LogP contribution is -2.28. The predicted octanol–water partition coefficient (Wildman–Crippen LogP) is 2.50. The third-order valence-corrected chi connectivity index (χ3v) is 2.87. The van der Waals surface area contributed by atoms with Crippen molar-refractivity contribution in [1.29, 1.82) is 0 Å². The van der Waals surface area contributed by atoms with Crippen LogP contribution < -0.4 is 5.32 Å². The summed E-state index contributed by atoms with van der Waals surface area (Å²) in [4.78, 5) is 0. The molecule has 3 nitrogen and oxygen atoms in total. The minimum absolute atomic E-state index is 0.0724. The van der Waals surface area contributed by atoms with Crippen LogP contribution in [0, 0.1) is 0 Å². The average molecular weight is 269 g/mol. The first-order chi connectivity index (χ1) is 8.58. The van der Waals surface area contributed by atoms with Gasteiger partial charge in [0.05, 0.1) is 19.3 Å². The van der Waals surface area contributed by atoms with Crippen molar-refractivity contribution in [1.82, 2.24) is 5.32 Å². The molecule has 0 bridgehead atoms. The van der Waals surface area contributed by atoms with Crippen molar-refractivity contribution < 1.29 is 22.6 Å². The Balaban J connectivity index is 1.81. The highest BCUT2D eigenvalue weighted by Gasteiger charge is 2.27. The van der Waals surface area contributed by atoms with Gasteiger partial charge in [-0.1, -0.05) is 19.3 Å². The van der Waals surface area contributed by atoms with Gasteiger partial charge in [0.25, 0.3) is 0 Å². The van der Waals surface area contributed by atoms with Crippen molar-refractivity contribution in [2.45, 2.75) is 44.4 Å². The Morgan fingerprint density at radius 1 is 1.00 bits per heavy atom. The van der Waals surface area contributed by atoms with Crippen LogP contribution in [-0.4, -0.2) is 45.2 Å². The molecule has 1 aliphatic rings. The molecule has 0 unspecified atom stereocenters. The molecule has 0 spiro atoms. The molecular weight excluding hydrogens is 247 g/mol. The van der Waals surface area contributed by atoms with Crippen LogP contribution in [-0.2, 0) is 9.47 Å². The van der Waals surface area contributed by atoms with E-state index >= 15 is 0 Å². The molecule has 1 aliphatic carbocycles. The zero-order chi connectivity index (χ0) is 13.3. The standard InChI is InChI=1S/C12H22F3NO2/c13-12(14,15)10-17-8-6-16-7-9-18-11-4-2-1-3-5-11/h11,16H,1-10H2. The summed E-state index contributed by atoms with van der Waals surface area (Å²) in [7, 11) is 0. The van der Waals surface area contributed by atoms with Gasteiger partial charge in [-0.05, 0) is 12.8 Å². The summed E-state index contributed by atoms with van der Waals surface area (Å²) in [5.41, 5.74) is 0. The lowest BCUT2D eigenvalue weighted by atomic mass is 9.98.